The summed E-state index contributed by atoms with van der Waals surface area (Å²) < 4.78 is 5.63. The predicted octanol–water partition coefficient (Wildman–Crippen LogP) is 4.43. The fraction of sp³-hybridized carbons (Fsp3) is 0.300. The number of benzene rings is 1. The minimum atomic E-state index is -0.0258. The summed E-state index contributed by atoms with van der Waals surface area (Å²) in [4.78, 5) is 22.3. The van der Waals surface area contributed by atoms with Crippen LogP contribution in [-0.2, 0) is 12.8 Å². The van der Waals surface area contributed by atoms with Gasteiger partial charge in [0.15, 0.2) is 0 Å². The lowest BCUT2D eigenvalue weighted by Crippen LogP contribution is -2.11. The van der Waals surface area contributed by atoms with E-state index in [2.05, 4.69) is 9.97 Å². The highest BCUT2D eigenvalue weighted by molar-refractivity contribution is 7.18. The van der Waals surface area contributed by atoms with E-state index in [1.807, 2.05) is 43.3 Å². The largest absolute Gasteiger partial charge is 0.493 e. The van der Waals surface area contributed by atoms with Gasteiger partial charge in [-0.1, -0.05) is 18.2 Å². The van der Waals surface area contributed by atoms with Crippen LogP contribution in [0.5, 0.6) is 5.75 Å². The Kier molecular flexibility index (Phi) is 4.40. The van der Waals surface area contributed by atoms with Crippen LogP contribution in [0.1, 0.15) is 41.6 Å². The van der Waals surface area contributed by atoms with Gasteiger partial charge in [-0.2, -0.15) is 0 Å². The van der Waals surface area contributed by atoms with E-state index in [0.717, 1.165) is 40.8 Å². The van der Waals surface area contributed by atoms with Gasteiger partial charge in [-0.15, -0.1) is 11.3 Å². The van der Waals surface area contributed by atoms with Crippen molar-refractivity contribution in [3.8, 4) is 5.75 Å². The summed E-state index contributed by atoms with van der Waals surface area (Å²) in [6.45, 7) is 2.58. The highest BCUT2D eigenvalue weighted by atomic mass is 32.1. The molecule has 128 valence electrons. The Hall–Kier alpha value is -2.40. The van der Waals surface area contributed by atoms with Crippen molar-refractivity contribution in [1.29, 1.82) is 0 Å². The number of para-hydroxylation sites is 1. The SMILES string of the molecule is CCOc1ccccc1C=Cc1nc2sc3c(c2c(=O)[nH]1)CCCC3. The third-order valence-corrected chi connectivity index (χ3v) is 5.67. The number of hydrogen-bond acceptors (Lipinski definition) is 4. The monoisotopic (exact) mass is 352 g/mol. The molecule has 1 aromatic carbocycles. The molecular formula is C20H20N2O2S. The van der Waals surface area contributed by atoms with Gasteiger partial charge in [0.25, 0.3) is 5.56 Å². The first-order chi connectivity index (χ1) is 12.3. The third-order valence-electron chi connectivity index (χ3n) is 4.48. The molecule has 0 radical (unpaired) electrons. The number of aromatic nitrogens is 2. The van der Waals surface area contributed by atoms with Crippen LogP contribution in [0, 0.1) is 0 Å². The molecule has 1 aliphatic carbocycles. The smallest absolute Gasteiger partial charge is 0.260 e. The van der Waals surface area contributed by atoms with Gasteiger partial charge in [-0.05, 0) is 56.4 Å². The van der Waals surface area contributed by atoms with E-state index >= 15 is 0 Å². The summed E-state index contributed by atoms with van der Waals surface area (Å²) in [7, 11) is 0. The van der Waals surface area contributed by atoms with Gasteiger partial charge < -0.3 is 9.72 Å². The topological polar surface area (TPSA) is 55.0 Å². The molecule has 0 bridgehead atoms. The molecule has 0 fully saturated rings. The molecule has 0 spiro atoms. The summed E-state index contributed by atoms with van der Waals surface area (Å²) in [5.41, 5.74) is 2.16. The van der Waals surface area contributed by atoms with E-state index in [-0.39, 0.29) is 5.56 Å². The maximum absolute atomic E-state index is 12.6. The Morgan fingerprint density at radius 3 is 2.96 bits per heavy atom. The van der Waals surface area contributed by atoms with Crippen LogP contribution >= 0.6 is 11.3 Å². The van der Waals surface area contributed by atoms with Crippen LogP contribution in [0.3, 0.4) is 0 Å². The zero-order chi connectivity index (χ0) is 17.2. The molecule has 1 aliphatic rings. The van der Waals surface area contributed by atoms with Crippen LogP contribution in [0.2, 0.25) is 0 Å². The van der Waals surface area contributed by atoms with Gasteiger partial charge in [-0.25, -0.2) is 4.98 Å². The fourth-order valence-electron chi connectivity index (χ4n) is 3.33. The highest BCUT2D eigenvalue weighted by Gasteiger charge is 2.19. The number of fused-ring (bicyclic) bond motifs is 3. The van der Waals surface area contributed by atoms with E-state index < -0.39 is 0 Å². The highest BCUT2D eigenvalue weighted by Crippen LogP contribution is 2.33. The first-order valence-electron chi connectivity index (χ1n) is 8.70. The van der Waals surface area contributed by atoms with Crippen LogP contribution in [-0.4, -0.2) is 16.6 Å². The molecule has 0 atom stereocenters. The van der Waals surface area contributed by atoms with Gasteiger partial charge >= 0.3 is 0 Å². The Balaban J connectivity index is 1.72. The number of aryl methyl sites for hydroxylation is 2. The lowest BCUT2D eigenvalue weighted by Gasteiger charge is -2.09. The average molecular weight is 352 g/mol. The standard InChI is InChI=1S/C20H20N2O2S/c1-2-24-15-9-5-3-7-13(15)11-12-17-21-19(23)18-14-8-4-6-10-16(14)25-20(18)22-17/h3,5,7,9,11-12H,2,4,6,8,10H2,1H3,(H,21,22,23). The molecular weight excluding hydrogens is 332 g/mol. The van der Waals surface area contributed by atoms with Crippen LogP contribution < -0.4 is 10.3 Å². The molecule has 4 nitrogen and oxygen atoms in total. The molecule has 0 unspecified atom stereocenters. The molecule has 3 aromatic rings. The fourth-order valence-corrected chi connectivity index (χ4v) is 4.60. The van der Waals surface area contributed by atoms with Gasteiger partial charge in [-0.3, -0.25) is 4.79 Å². The van der Waals surface area contributed by atoms with Gasteiger partial charge in [0, 0.05) is 10.4 Å². The van der Waals surface area contributed by atoms with Crippen molar-refractivity contribution in [3.05, 3.63) is 56.4 Å². The molecule has 25 heavy (non-hydrogen) atoms. The number of aromatic amines is 1. The molecule has 0 amide bonds. The van der Waals surface area contributed by atoms with Crippen LogP contribution in [0.4, 0.5) is 0 Å². The molecule has 0 saturated carbocycles. The molecule has 1 N–H and O–H groups in total. The van der Waals surface area contributed by atoms with E-state index in [1.54, 1.807) is 11.3 Å². The van der Waals surface area contributed by atoms with Crippen molar-refractivity contribution in [1.82, 2.24) is 9.97 Å². The number of hydrogen-bond donors (Lipinski definition) is 1. The van der Waals surface area contributed by atoms with Crippen molar-refractivity contribution < 1.29 is 4.74 Å². The molecule has 2 aromatic heterocycles. The third kappa shape index (κ3) is 3.12. The van der Waals surface area contributed by atoms with Crippen molar-refractivity contribution in [2.75, 3.05) is 6.61 Å². The Morgan fingerprint density at radius 1 is 1.24 bits per heavy atom. The first kappa shape index (κ1) is 16.1. The molecule has 0 aliphatic heterocycles. The van der Waals surface area contributed by atoms with Gasteiger partial charge in [0.1, 0.15) is 16.4 Å². The van der Waals surface area contributed by atoms with Crippen LogP contribution in [0.15, 0.2) is 29.1 Å². The molecule has 5 heteroatoms. The Bertz CT molecular complexity index is 1000. The minimum Gasteiger partial charge on any atom is -0.493 e. The number of nitrogens with one attached hydrogen (secondary N) is 1. The van der Waals surface area contributed by atoms with Crippen molar-refractivity contribution in [3.63, 3.8) is 0 Å². The van der Waals surface area contributed by atoms with E-state index in [9.17, 15) is 4.79 Å². The molecule has 2 heterocycles. The summed E-state index contributed by atoms with van der Waals surface area (Å²) in [6.07, 6.45) is 8.21. The second-order valence-corrected chi connectivity index (χ2v) is 7.23. The van der Waals surface area contributed by atoms with Crippen molar-refractivity contribution >= 4 is 33.7 Å². The lowest BCUT2D eigenvalue weighted by atomic mass is 9.97. The summed E-state index contributed by atoms with van der Waals surface area (Å²) >= 11 is 1.67. The second-order valence-electron chi connectivity index (χ2n) is 6.15. The maximum Gasteiger partial charge on any atom is 0.260 e. The first-order valence-corrected chi connectivity index (χ1v) is 9.52. The van der Waals surface area contributed by atoms with Crippen molar-refractivity contribution in [2.24, 2.45) is 0 Å². The van der Waals surface area contributed by atoms with E-state index in [0.29, 0.717) is 12.4 Å². The molecule has 0 saturated heterocycles. The molecule has 4 rings (SSSR count). The Labute approximate surface area is 150 Å². The zero-order valence-corrected chi connectivity index (χ0v) is 15.0. The number of ether oxygens (including phenoxy) is 1. The van der Waals surface area contributed by atoms with E-state index in [1.165, 1.54) is 16.9 Å². The number of rotatable bonds is 4. The number of thiophene rings is 1. The summed E-state index contributed by atoms with van der Waals surface area (Å²) in [5, 5.41) is 0.798. The van der Waals surface area contributed by atoms with Crippen LogP contribution in [0.25, 0.3) is 22.4 Å². The van der Waals surface area contributed by atoms with E-state index in [4.69, 9.17) is 4.74 Å². The zero-order valence-electron chi connectivity index (χ0n) is 14.2. The number of H-pyrrole nitrogens is 1. The second kappa shape index (κ2) is 6.84. The van der Waals surface area contributed by atoms with Gasteiger partial charge in [0.2, 0.25) is 0 Å². The Morgan fingerprint density at radius 2 is 2.08 bits per heavy atom. The lowest BCUT2D eigenvalue weighted by molar-refractivity contribution is 0.339. The average Bonchev–Trinajstić information content (AvgIpc) is 3.00. The summed E-state index contributed by atoms with van der Waals surface area (Å²) in [6, 6.07) is 7.84. The normalized spacial score (nSPS) is 14.1. The quantitative estimate of drug-likeness (QED) is 0.755. The maximum atomic E-state index is 12.6. The summed E-state index contributed by atoms with van der Waals surface area (Å²) in [5.74, 6) is 1.42. The number of nitrogens with zero attached hydrogens (tertiary/aromatic N) is 1. The predicted molar refractivity (Wildman–Crippen MR) is 103 cm³/mol. The van der Waals surface area contributed by atoms with Crippen molar-refractivity contribution in [2.45, 2.75) is 32.6 Å². The van der Waals surface area contributed by atoms with Gasteiger partial charge in [0.05, 0.1) is 12.0 Å². The minimum absolute atomic E-state index is 0.0258.